The van der Waals surface area contributed by atoms with Gasteiger partial charge in [-0.05, 0) is 62.2 Å². The second kappa shape index (κ2) is 9.65. The van der Waals surface area contributed by atoms with Crippen molar-refractivity contribution in [2.45, 2.75) is 26.2 Å². The summed E-state index contributed by atoms with van der Waals surface area (Å²) >= 11 is 0. The Balaban J connectivity index is 1.54. The zero-order valence-corrected chi connectivity index (χ0v) is 19.8. The van der Waals surface area contributed by atoms with Crippen molar-refractivity contribution < 1.29 is 4.79 Å². The van der Waals surface area contributed by atoms with Crippen LogP contribution in [-0.4, -0.2) is 33.3 Å². The van der Waals surface area contributed by atoms with Crippen LogP contribution < -0.4 is 16.5 Å². The van der Waals surface area contributed by atoms with E-state index < -0.39 is 5.41 Å². The lowest BCUT2D eigenvalue weighted by atomic mass is 9.85. The van der Waals surface area contributed by atoms with E-state index in [0.29, 0.717) is 23.6 Å². The maximum absolute atomic E-state index is 13.0. The minimum atomic E-state index is -0.686. The lowest BCUT2D eigenvalue weighted by Crippen LogP contribution is -2.38. The first-order valence-corrected chi connectivity index (χ1v) is 11.1. The predicted octanol–water partition coefficient (Wildman–Crippen LogP) is 4.02. The molecule has 2 aromatic carbocycles. The molecular formula is C26H26N8O. The molecule has 1 aliphatic rings. The number of nitrogens with one attached hydrogen (secondary N) is 2. The van der Waals surface area contributed by atoms with Crippen molar-refractivity contribution in [1.29, 1.82) is 5.26 Å². The first-order valence-electron chi connectivity index (χ1n) is 11.1. The van der Waals surface area contributed by atoms with E-state index in [1.807, 2.05) is 56.1 Å². The quantitative estimate of drug-likeness (QED) is 0.500. The normalized spacial score (nSPS) is 13.1. The molecule has 3 aromatic rings. The highest BCUT2D eigenvalue weighted by Gasteiger charge is 2.21. The van der Waals surface area contributed by atoms with Crippen molar-refractivity contribution in [1.82, 2.24) is 15.0 Å². The highest BCUT2D eigenvalue weighted by atomic mass is 16.1. The Hall–Kier alpha value is -4.71. The fourth-order valence-electron chi connectivity index (χ4n) is 3.50. The van der Waals surface area contributed by atoms with Crippen LogP contribution in [0.3, 0.4) is 0 Å². The second-order valence-electron chi connectivity index (χ2n) is 8.69. The van der Waals surface area contributed by atoms with E-state index in [0.717, 1.165) is 22.4 Å². The number of amides is 1. The molecule has 0 saturated heterocycles. The number of nitrogens with two attached hydrogens (primary N) is 1. The summed E-state index contributed by atoms with van der Waals surface area (Å²) in [5.74, 6) is 0.594. The molecule has 0 saturated carbocycles. The van der Waals surface area contributed by atoms with Gasteiger partial charge in [-0.15, -0.1) is 0 Å². The molecule has 0 unspecified atom stereocenters. The number of aromatic nitrogens is 2. The monoisotopic (exact) mass is 466 g/mol. The summed E-state index contributed by atoms with van der Waals surface area (Å²) in [5.41, 5.74) is 12.7. The van der Waals surface area contributed by atoms with Gasteiger partial charge in [-0.2, -0.15) is 5.26 Å². The van der Waals surface area contributed by atoms with Crippen LogP contribution in [0, 0.1) is 18.3 Å². The maximum atomic E-state index is 13.0. The Morgan fingerprint density at radius 2 is 1.94 bits per heavy atom. The van der Waals surface area contributed by atoms with Crippen molar-refractivity contribution in [2.75, 3.05) is 23.0 Å². The molecule has 1 amide bonds. The molecule has 0 bridgehead atoms. The number of hydrogen-bond acceptors (Lipinski definition) is 8. The van der Waals surface area contributed by atoms with Crippen molar-refractivity contribution in [3.05, 3.63) is 89.4 Å². The van der Waals surface area contributed by atoms with Gasteiger partial charge in [0.15, 0.2) is 5.84 Å². The fourth-order valence-corrected chi connectivity index (χ4v) is 3.50. The third kappa shape index (κ3) is 5.28. The lowest BCUT2D eigenvalue weighted by Gasteiger charge is -2.29. The van der Waals surface area contributed by atoms with Crippen LogP contribution in [0.5, 0.6) is 0 Å². The van der Waals surface area contributed by atoms with Crippen LogP contribution in [0.2, 0.25) is 0 Å². The van der Waals surface area contributed by atoms with Crippen molar-refractivity contribution in [2.24, 2.45) is 4.99 Å². The van der Waals surface area contributed by atoms with Gasteiger partial charge in [-0.25, -0.2) is 15.0 Å². The molecule has 0 spiro atoms. The average molecular weight is 467 g/mol. The summed E-state index contributed by atoms with van der Waals surface area (Å²) in [4.78, 5) is 25.5. The average Bonchev–Trinajstić information content (AvgIpc) is 2.87. The summed E-state index contributed by atoms with van der Waals surface area (Å²) < 4.78 is 0. The Bertz CT molecular complexity index is 1350. The molecular weight excluding hydrogens is 440 g/mol. The van der Waals surface area contributed by atoms with E-state index >= 15 is 0 Å². The van der Waals surface area contributed by atoms with E-state index in [1.165, 1.54) is 0 Å². The first kappa shape index (κ1) is 23.4. The van der Waals surface area contributed by atoms with Gasteiger partial charge >= 0.3 is 0 Å². The number of carbonyl (C=O) groups is 1. The summed E-state index contributed by atoms with van der Waals surface area (Å²) in [5, 5.41) is 14.2. The number of nitrogens with zero attached hydrogens (tertiary/aromatic N) is 5. The number of amidine groups is 1. The molecule has 1 aliphatic heterocycles. The predicted molar refractivity (Wildman–Crippen MR) is 137 cm³/mol. The number of nitriles is 1. The molecule has 1 aromatic heterocycles. The molecule has 35 heavy (non-hydrogen) atoms. The molecule has 9 heteroatoms. The van der Waals surface area contributed by atoms with Crippen molar-refractivity contribution in [3.8, 4) is 6.07 Å². The second-order valence-corrected chi connectivity index (χ2v) is 8.69. The van der Waals surface area contributed by atoms with Gasteiger partial charge in [0.2, 0.25) is 5.95 Å². The molecule has 2 heterocycles. The minimum Gasteiger partial charge on any atom is -0.368 e. The van der Waals surface area contributed by atoms with E-state index in [4.69, 9.17) is 5.73 Å². The van der Waals surface area contributed by atoms with Crippen LogP contribution in [0.25, 0.3) is 0 Å². The number of benzene rings is 2. The maximum Gasteiger partial charge on any atom is 0.255 e. The summed E-state index contributed by atoms with van der Waals surface area (Å²) in [7, 11) is 0. The van der Waals surface area contributed by atoms with Gasteiger partial charge in [-0.3, -0.25) is 15.2 Å². The Morgan fingerprint density at radius 3 is 2.69 bits per heavy atom. The lowest BCUT2D eigenvalue weighted by molar-refractivity contribution is 0.102. The number of hydrogen-bond donors (Lipinski definition) is 3. The van der Waals surface area contributed by atoms with E-state index in [2.05, 4.69) is 31.8 Å². The van der Waals surface area contributed by atoms with E-state index in [-0.39, 0.29) is 11.9 Å². The minimum absolute atomic E-state index is 0.196. The molecule has 176 valence electrons. The third-order valence-corrected chi connectivity index (χ3v) is 5.65. The standard InChI is InChI=1S/C26H26N8O/c1-17-8-9-21(32-24(35)18-6-4-7-20(12-18)26(2,3)16-27)13-22(17)33-34-11-5-10-29-23(34)19-14-30-25(28)31-15-19/h4-10,12-15,33H,11H2,1-3H3,(H,32,35)(H2,28,30,31). The van der Waals surface area contributed by atoms with Crippen LogP contribution >= 0.6 is 0 Å². The summed E-state index contributed by atoms with van der Waals surface area (Å²) in [6, 6.07) is 15.0. The number of anilines is 3. The number of hydrazine groups is 1. The topological polar surface area (TPSA) is 132 Å². The first-order chi connectivity index (χ1) is 16.8. The van der Waals surface area contributed by atoms with Gasteiger partial charge in [0.05, 0.1) is 29.3 Å². The Labute approximate surface area is 204 Å². The highest BCUT2D eigenvalue weighted by Crippen LogP contribution is 2.25. The Kier molecular flexibility index (Phi) is 6.46. The van der Waals surface area contributed by atoms with E-state index in [1.54, 1.807) is 36.8 Å². The number of carbonyl (C=O) groups excluding carboxylic acids is 1. The number of nitrogen functional groups attached to an aromatic ring is 1. The molecule has 0 aliphatic carbocycles. The summed E-state index contributed by atoms with van der Waals surface area (Å²) in [6.07, 6.45) is 6.90. The third-order valence-electron chi connectivity index (χ3n) is 5.65. The zero-order valence-electron chi connectivity index (χ0n) is 19.8. The highest BCUT2D eigenvalue weighted by molar-refractivity contribution is 6.05. The number of aryl methyl sites for hydroxylation is 1. The number of aliphatic imine (C=N–C) groups is 1. The zero-order chi connectivity index (χ0) is 25.0. The van der Waals surface area contributed by atoms with Gasteiger partial charge < -0.3 is 11.1 Å². The van der Waals surface area contributed by atoms with Gasteiger partial charge in [0.25, 0.3) is 5.91 Å². The molecule has 4 rings (SSSR count). The van der Waals surface area contributed by atoms with Crippen LogP contribution in [-0.2, 0) is 5.41 Å². The Morgan fingerprint density at radius 1 is 1.17 bits per heavy atom. The van der Waals surface area contributed by atoms with Gasteiger partial charge in [0, 0.05) is 29.8 Å². The smallest absolute Gasteiger partial charge is 0.255 e. The fraction of sp³-hybridized carbons (Fsp3) is 0.192. The molecule has 4 N–H and O–H groups in total. The summed E-state index contributed by atoms with van der Waals surface area (Å²) in [6.45, 7) is 6.20. The van der Waals surface area contributed by atoms with Gasteiger partial charge in [0.1, 0.15) is 0 Å². The number of rotatable bonds is 6. The largest absolute Gasteiger partial charge is 0.368 e. The van der Waals surface area contributed by atoms with Crippen molar-refractivity contribution in [3.63, 3.8) is 0 Å². The van der Waals surface area contributed by atoms with Crippen molar-refractivity contribution >= 4 is 29.1 Å². The molecule has 0 atom stereocenters. The van der Waals surface area contributed by atoms with Crippen LogP contribution in [0.1, 0.15) is 40.9 Å². The van der Waals surface area contributed by atoms with Gasteiger partial charge in [-0.1, -0.05) is 18.2 Å². The van der Waals surface area contributed by atoms with Crippen LogP contribution in [0.15, 0.2) is 72.1 Å². The van der Waals surface area contributed by atoms with E-state index in [9.17, 15) is 10.1 Å². The van der Waals surface area contributed by atoms with Crippen LogP contribution in [0.4, 0.5) is 17.3 Å². The molecule has 0 radical (unpaired) electrons. The molecule has 0 fully saturated rings. The molecule has 9 nitrogen and oxygen atoms in total. The SMILES string of the molecule is Cc1ccc(NC(=O)c2cccc(C(C)(C)C#N)c2)cc1NN1CC=CN=C1c1cnc(N)nc1.